The van der Waals surface area contributed by atoms with Crippen molar-refractivity contribution in [1.29, 1.82) is 0 Å². The molecule has 0 unspecified atom stereocenters. The molecule has 1 saturated carbocycles. The zero-order chi connectivity index (χ0) is 10.9. The van der Waals surface area contributed by atoms with Gasteiger partial charge in [-0.15, -0.1) is 0 Å². The Balaban J connectivity index is 1.94. The Bertz CT molecular complexity index is 145. The van der Waals surface area contributed by atoms with Crippen molar-refractivity contribution in [2.24, 2.45) is 0 Å². The van der Waals surface area contributed by atoms with Crippen molar-refractivity contribution < 1.29 is 0 Å². The van der Waals surface area contributed by atoms with Crippen LogP contribution in [0.3, 0.4) is 0 Å². The average Bonchev–Trinajstić information content (AvgIpc) is 2.30. The topological polar surface area (TPSA) is 12.0 Å². The van der Waals surface area contributed by atoms with Crippen molar-refractivity contribution in [3.8, 4) is 0 Å². The summed E-state index contributed by atoms with van der Waals surface area (Å²) >= 11 is 4.11. The van der Waals surface area contributed by atoms with Gasteiger partial charge in [-0.3, -0.25) is 0 Å². The minimum absolute atomic E-state index is 0.819. The van der Waals surface area contributed by atoms with Gasteiger partial charge in [0.2, 0.25) is 0 Å². The fraction of sp³-hybridized carbons (Fsp3) is 1.00. The SMILES string of the molecule is CCSCCCNC1CCC(SC)CC1. The van der Waals surface area contributed by atoms with Gasteiger partial charge in [0, 0.05) is 11.3 Å². The van der Waals surface area contributed by atoms with Gasteiger partial charge in [0.05, 0.1) is 0 Å². The summed E-state index contributed by atoms with van der Waals surface area (Å²) < 4.78 is 0. The minimum Gasteiger partial charge on any atom is -0.314 e. The highest BCUT2D eigenvalue weighted by atomic mass is 32.2. The molecule has 0 heterocycles. The van der Waals surface area contributed by atoms with Gasteiger partial charge < -0.3 is 5.32 Å². The molecule has 3 heteroatoms. The van der Waals surface area contributed by atoms with Crippen molar-refractivity contribution in [2.45, 2.75) is 50.3 Å². The number of thioether (sulfide) groups is 2. The third-order valence-electron chi connectivity index (χ3n) is 3.11. The van der Waals surface area contributed by atoms with Crippen molar-refractivity contribution in [2.75, 3.05) is 24.3 Å². The molecule has 0 aromatic heterocycles. The summed E-state index contributed by atoms with van der Waals surface area (Å²) in [6, 6.07) is 0.819. The quantitative estimate of drug-likeness (QED) is 0.693. The lowest BCUT2D eigenvalue weighted by Gasteiger charge is -2.28. The first-order valence-corrected chi connectivity index (χ1v) is 8.65. The molecular weight excluding hydrogens is 222 g/mol. The van der Waals surface area contributed by atoms with Gasteiger partial charge in [-0.25, -0.2) is 0 Å². The Morgan fingerprint density at radius 3 is 2.53 bits per heavy atom. The third-order valence-corrected chi connectivity index (χ3v) is 5.23. The second-order valence-corrected chi connectivity index (χ2v) is 6.75. The fourth-order valence-electron chi connectivity index (χ4n) is 2.13. The Morgan fingerprint density at radius 2 is 1.93 bits per heavy atom. The molecule has 0 saturated heterocycles. The smallest absolute Gasteiger partial charge is 0.00678 e. The van der Waals surface area contributed by atoms with E-state index >= 15 is 0 Å². The highest BCUT2D eigenvalue weighted by molar-refractivity contribution is 7.99. The van der Waals surface area contributed by atoms with Crippen LogP contribution in [-0.4, -0.2) is 35.6 Å². The Labute approximate surface area is 104 Å². The van der Waals surface area contributed by atoms with E-state index in [0.29, 0.717) is 0 Å². The van der Waals surface area contributed by atoms with Crippen LogP contribution in [0.15, 0.2) is 0 Å². The van der Waals surface area contributed by atoms with Gasteiger partial charge in [-0.2, -0.15) is 23.5 Å². The Kier molecular flexibility index (Phi) is 8.02. The van der Waals surface area contributed by atoms with Gasteiger partial charge in [0.25, 0.3) is 0 Å². The number of hydrogen-bond donors (Lipinski definition) is 1. The summed E-state index contributed by atoms with van der Waals surface area (Å²) in [7, 11) is 0. The zero-order valence-corrected chi connectivity index (χ0v) is 11.8. The summed E-state index contributed by atoms with van der Waals surface area (Å²) in [6.45, 7) is 3.46. The average molecular weight is 247 g/mol. The van der Waals surface area contributed by atoms with E-state index in [1.807, 2.05) is 0 Å². The molecule has 15 heavy (non-hydrogen) atoms. The second-order valence-electron chi connectivity index (χ2n) is 4.21. The number of nitrogens with one attached hydrogen (secondary N) is 1. The predicted molar refractivity (Wildman–Crippen MR) is 75.2 cm³/mol. The van der Waals surface area contributed by atoms with Crippen LogP contribution in [0.5, 0.6) is 0 Å². The molecule has 0 aromatic rings. The standard InChI is InChI=1S/C12H25NS2/c1-3-15-10-4-9-13-11-5-7-12(14-2)8-6-11/h11-13H,3-10H2,1-2H3. The molecule has 0 amide bonds. The molecule has 1 aliphatic carbocycles. The Morgan fingerprint density at radius 1 is 1.20 bits per heavy atom. The van der Waals surface area contributed by atoms with E-state index in [1.54, 1.807) is 0 Å². The molecule has 1 rings (SSSR count). The van der Waals surface area contributed by atoms with Gasteiger partial charge in [0.15, 0.2) is 0 Å². The van der Waals surface area contributed by atoms with Gasteiger partial charge in [-0.05, 0) is 56.4 Å². The number of hydrogen-bond acceptors (Lipinski definition) is 3. The maximum Gasteiger partial charge on any atom is 0.00678 e. The van der Waals surface area contributed by atoms with E-state index in [-0.39, 0.29) is 0 Å². The lowest BCUT2D eigenvalue weighted by molar-refractivity contribution is 0.381. The molecule has 1 fully saturated rings. The molecule has 1 aliphatic rings. The monoisotopic (exact) mass is 247 g/mol. The molecular formula is C12H25NS2. The number of rotatable bonds is 7. The van der Waals surface area contributed by atoms with E-state index in [1.165, 1.54) is 50.2 Å². The van der Waals surface area contributed by atoms with E-state index in [4.69, 9.17) is 0 Å². The summed E-state index contributed by atoms with van der Waals surface area (Å²) in [6.07, 6.45) is 9.21. The maximum atomic E-state index is 3.70. The van der Waals surface area contributed by atoms with Gasteiger partial charge >= 0.3 is 0 Å². The van der Waals surface area contributed by atoms with E-state index in [9.17, 15) is 0 Å². The van der Waals surface area contributed by atoms with Crippen molar-refractivity contribution in [3.63, 3.8) is 0 Å². The molecule has 0 radical (unpaired) electrons. The first-order valence-electron chi connectivity index (χ1n) is 6.20. The lowest BCUT2D eigenvalue weighted by atomic mass is 9.95. The van der Waals surface area contributed by atoms with Crippen LogP contribution in [0.2, 0.25) is 0 Å². The highest BCUT2D eigenvalue weighted by Crippen LogP contribution is 2.26. The van der Waals surface area contributed by atoms with Crippen LogP contribution in [0, 0.1) is 0 Å². The molecule has 0 aromatic carbocycles. The van der Waals surface area contributed by atoms with Gasteiger partial charge in [-0.1, -0.05) is 6.92 Å². The summed E-state index contributed by atoms with van der Waals surface area (Å²) in [5.74, 6) is 2.59. The molecule has 1 N–H and O–H groups in total. The van der Waals surface area contributed by atoms with Crippen LogP contribution >= 0.6 is 23.5 Å². The molecule has 0 spiro atoms. The third kappa shape index (κ3) is 6.08. The van der Waals surface area contributed by atoms with Crippen LogP contribution in [-0.2, 0) is 0 Å². The molecule has 0 bridgehead atoms. The first kappa shape index (κ1) is 13.7. The molecule has 1 nitrogen and oxygen atoms in total. The van der Waals surface area contributed by atoms with E-state index < -0.39 is 0 Å². The summed E-state index contributed by atoms with van der Waals surface area (Å²) in [4.78, 5) is 0. The normalized spacial score (nSPS) is 26.8. The second kappa shape index (κ2) is 8.77. The van der Waals surface area contributed by atoms with E-state index in [0.717, 1.165) is 11.3 Å². The summed E-state index contributed by atoms with van der Waals surface area (Å²) in [5.41, 5.74) is 0. The summed E-state index contributed by atoms with van der Waals surface area (Å²) in [5, 5.41) is 4.65. The largest absolute Gasteiger partial charge is 0.314 e. The van der Waals surface area contributed by atoms with Crippen LogP contribution in [0.1, 0.15) is 39.0 Å². The molecule has 0 atom stereocenters. The Hall–Kier alpha value is 0.660. The fourth-order valence-corrected chi connectivity index (χ4v) is 3.51. The minimum atomic E-state index is 0.819. The maximum absolute atomic E-state index is 3.70. The van der Waals surface area contributed by atoms with Crippen LogP contribution < -0.4 is 5.32 Å². The highest BCUT2D eigenvalue weighted by Gasteiger charge is 2.19. The van der Waals surface area contributed by atoms with Crippen molar-refractivity contribution in [3.05, 3.63) is 0 Å². The van der Waals surface area contributed by atoms with Crippen LogP contribution in [0.4, 0.5) is 0 Å². The van der Waals surface area contributed by atoms with E-state index in [2.05, 4.69) is 42.0 Å². The molecule has 0 aliphatic heterocycles. The molecule has 90 valence electrons. The van der Waals surface area contributed by atoms with Gasteiger partial charge in [0.1, 0.15) is 0 Å². The predicted octanol–water partition coefficient (Wildman–Crippen LogP) is 3.39. The lowest BCUT2D eigenvalue weighted by Crippen LogP contribution is -2.34. The zero-order valence-electron chi connectivity index (χ0n) is 10.1. The van der Waals surface area contributed by atoms with Crippen molar-refractivity contribution in [1.82, 2.24) is 5.32 Å². The van der Waals surface area contributed by atoms with Crippen molar-refractivity contribution >= 4 is 23.5 Å². The first-order chi connectivity index (χ1) is 7.36. The van der Waals surface area contributed by atoms with Crippen LogP contribution in [0.25, 0.3) is 0 Å².